The van der Waals surface area contributed by atoms with Crippen molar-refractivity contribution in [1.29, 1.82) is 0 Å². The lowest BCUT2D eigenvalue weighted by molar-refractivity contribution is -0.143. The Labute approximate surface area is 134 Å². The first-order chi connectivity index (χ1) is 11.1. The van der Waals surface area contributed by atoms with Gasteiger partial charge in [-0.3, -0.25) is 19.4 Å². The van der Waals surface area contributed by atoms with Gasteiger partial charge in [0.25, 0.3) is 0 Å². The Morgan fingerprint density at radius 3 is 1.96 bits per heavy atom. The fraction of sp³-hybridized carbons (Fsp3) is 0.167. The van der Waals surface area contributed by atoms with E-state index in [1.165, 1.54) is 0 Å². The summed E-state index contributed by atoms with van der Waals surface area (Å²) < 4.78 is 0. The molecule has 0 spiro atoms. The number of urea groups is 1. The summed E-state index contributed by atoms with van der Waals surface area (Å²) in [5, 5.41) is 0. The molecule has 0 radical (unpaired) electrons. The number of hydrogen-bond donors (Lipinski definition) is 0. The highest BCUT2D eigenvalue weighted by molar-refractivity contribution is 6.44. The second-order valence-corrected chi connectivity index (χ2v) is 5.48. The maximum atomic E-state index is 12.5. The van der Waals surface area contributed by atoms with Crippen LogP contribution >= 0.6 is 0 Å². The molecule has 116 valence electrons. The van der Waals surface area contributed by atoms with Crippen LogP contribution in [0.3, 0.4) is 0 Å². The molecule has 1 saturated heterocycles. The first kappa shape index (κ1) is 15.0. The molecule has 1 aliphatic rings. The Hall–Kier alpha value is -2.95. The number of benzene rings is 2. The minimum absolute atomic E-state index is 0.106. The third-order valence-electron chi connectivity index (χ3n) is 3.91. The van der Waals surface area contributed by atoms with Crippen LogP contribution in [0.15, 0.2) is 54.6 Å². The quantitative estimate of drug-likeness (QED) is 0.644. The van der Waals surface area contributed by atoms with Crippen LogP contribution < -0.4 is 0 Å². The molecule has 0 bridgehead atoms. The van der Waals surface area contributed by atoms with E-state index in [0.717, 1.165) is 26.5 Å². The smallest absolute Gasteiger partial charge is 0.263 e. The Morgan fingerprint density at radius 2 is 1.30 bits per heavy atom. The highest BCUT2D eigenvalue weighted by atomic mass is 16.2. The maximum absolute atomic E-state index is 12.5. The Balaban J connectivity index is 1.81. The van der Waals surface area contributed by atoms with Gasteiger partial charge in [0.15, 0.2) is 0 Å². The van der Waals surface area contributed by atoms with Crippen LogP contribution in [0.1, 0.15) is 16.7 Å². The summed E-state index contributed by atoms with van der Waals surface area (Å²) in [4.78, 5) is 38.7. The number of hydrogen-bond acceptors (Lipinski definition) is 3. The van der Waals surface area contributed by atoms with Crippen LogP contribution in [0, 0.1) is 6.92 Å². The molecule has 3 rings (SSSR count). The van der Waals surface area contributed by atoms with Crippen molar-refractivity contribution in [2.45, 2.75) is 20.0 Å². The van der Waals surface area contributed by atoms with E-state index in [1.807, 2.05) is 61.5 Å². The number of rotatable bonds is 4. The monoisotopic (exact) mass is 308 g/mol. The molecule has 1 heterocycles. The van der Waals surface area contributed by atoms with Crippen molar-refractivity contribution in [1.82, 2.24) is 9.80 Å². The molecular formula is C18H16N2O3. The topological polar surface area (TPSA) is 57.7 Å². The number of nitrogens with zero attached hydrogens (tertiary/aromatic N) is 2. The molecule has 2 aromatic carbocycles. The number of aryl methyl sites for hydroxylation is 1. The fourth-order valence-corrected chi connectivity index (χ4v) is 2.55. The summed E-state index contributed by atoms with van der Waals surface area (Å²) in [6.07, 6.45) is 0. The minimum Gasteiger partial charge on any atom is -0.263 e. The van der Waals surface area contributed by atoms with Gasteiger partial charge in [0.2, 0.25) is 0 Å². The van der Waals surface area contributed by atoms with Gasteiger partial charge in [0, 0.05) is 0 Å². The van der Waals surface area contributed by atoms with Gasteiger partial charge in [0.1, 0.15) is 0 Å². The van der Waals surface area contributed by atoms with E-state index in [0.29, 0.717) is 0 Å². The molecule has 0 N–H and O–H groups in total. The molecule has 0 atom stereocenters. The normalized spacial score (nSPS) is 14.7. The third-order valence-corrected chi connectivity index (χ3v) is 3.91. The molecular weight excluding hydrogens is 292 g/mol. The van der Waals surface area contributed by atoms with Crippen molar-refractivity contribution in [3.63, 3.8) is 0 Å². The predicted octanol–water partition coefficient (Wildman–Crippen LogP) is 2.49. The van der Waals surface area contributed by atoms with Crippen molar-refractivity contribution in [2.24, 2.45) is 0 Å². The number of carbonyl (C=O) groups excluding carboxylic acids is 3. The molecule has 23 heavy (non-hydrogen) atoms. The van der Waals surface area contributed by atoms with Crippen molar-refractivity contribution >= 4 is 17.8 Å². The van der Waals surface area contributed by atoms with Gasteiger partial charge >= 0.3 is 17.8 Å². The van der Waals surface area contributed by atoms with E-state index in [-0.39, 0.29) is 13.1 Å². The zero-order valence-electron chi connectivity index (χ0n) is 12.7. The Morgan fingerprint density at radius 1 is 0.739 bits per heavy atom. The van der Waals surface area contributed by atoms with Crippen molar-refractivity contribution in [3.05, 3.63) is 71.3 Å². The summed E-state index contributed by atoms with van der Waals surface area (Å²) >= 11 is 0. The van der Waals surface area contributed by atoms with Crippen molar-refractivity contribution in [3.8, 4) is 0 Å². The zero-order valence-corrected chi connectivity index (χ0v) is 12.7. The largest absolute Gasteiger partial charge is 0.334 e. The molecule has 1 aliphatic heterocycles. The molecule has 4 amide bonds. The number of amides is 4. The van der Waals surface area contributed by atoms with Gasteiger partial charge in [-0.05, 0) is 23.6 Å². The van der Waals surface area contributed by atoms with Gasteiger partial charge in [-0.2, -0.15) is 0 Å². The fourth-order valence-electron chi connectivity index (χ4n) is 2.55. The summed E-state index contributed by atoms with van der Waals surface area (Å²) in [6, 6.07) is 16.1. The van der Waals surface area contributed by atoms with Crippen molar-refractivity contribution < 1.29 is 14.4 Å². The van der Waals surface area contributed by atoms with Crippen LogP contribution in [0.25, 0.3) is 0 Å². The lowest BCUT2D eigenvalue weighted by Gasteiger charge is -2.16. The van der Waals surface area contributed by atoms with Gasteiger partial charge in [-0.1, -0.05) is 54.6 Å². The van der Waals surface area contributed by atoms with Crippen LogP contribution in [-0.4, -0.2) is 27.6 Å². The van der Waals surface area contributed by atoms with Gasteiger partial charge in [0.05, 0.1) is 13.1 Å². The molecule has 0 aliphatic carbocycles. The molecule has 0 saturated carbocycles. The lowest BCUT2D eigenvalue weighted by Crippen LogP contribution is -2.32. The average Bonchev–Trinajstić information content (AvgIpc) is 2.76. The lowest BCUT2D eigenvalue weighted by atomic mass is 10.1. The van der Waals surface area contributed by atoms with Crippen LogP contribution in [-0.2, 0) is 22.7 Å². The van der Waals surface area contributed by atoms with Crippen LogP contribution in [0.5, 0.6) is 0 Å². The second-order valence-electron chi connectivity index (χ2n) is 5.48. The minimum atomic E-state index is -0.771. The van der Waals surface area contributed by atoms with Gasteiger partial charge < -0.3 is 0 Å². The standard InChI is InChI=1S/C18H16N2O3/c1-13-7-5-6-10-15(13)12-20-17(22)16(21)19(18(20)23)11-14-8-3-2-4-9-14/h2-10H,11-12H2,1H3. The van der Waals surface area contributed by atoms with Gasteiger partial charge in [-0.15, -0.1) is 0 Å². The second kappa shape index (κ2) is 6.04. The van der Waals surface area contributed by atoms with Crippen molar-refractivity contribution in [2.75, 3.05) is 0 Å². The van der Waals surface area contributed by atoms with E-state index >= 15 is 0 Å². The van der Waals surface area contributed by atoms with E-state index < -0.39 is 17.8 Å². The van der Waals surface area contributed by atoms with E-state index in [2.05, 4.69) is 0 Å². The molecule has 2 aromatic rings. The van der Waals surface area contributed by atoms with Crippen LogP contribution in [0.4, 0.5) is 4.79 Å². The number of imide groups is 2. The molecule has 5 heteroatoms. The summed E-state index contributed by atoms with van der Waals surface area (Å²) in [6.45, 7) is 2.12. The highest BCUT2D eigenvalue weighted by Crippen LogP contribution is 2.19. The molecule has 1 fully saturated rings. The summed E-state index contributed by atoms with van der Waals surface area (Å²) in [7, 11) is 0. The van der Waals surface area contributed by atoms with E-state index in [4.69, 9.17) is 0 Å². The van der Waals surface area contributed by atoms with E-state index in [9.17, 15) is 14.4 Å². The highest BCUT2D eigenvalue weighted by Gasteiger charge is 2.44. The molecule has 5 nitrogen and oxygen atoms in total. The Bertz CT molecular complexity index is 771. The van der Waals surface area contributed by atoms with E-state index in [1.54, 1.807) is 0 Å². The van der Waals surface area contributed by atoms with Gasteiger partial charge in [-0.25, -0.2) is 4.79 Å². The maximum Gasteiger partial charge on any atom is 0.334 e. The number of carbonyl (C=O) groups is 3. The first-order valence-electron chi connectivity index (χ1n) is 7.33. The zero-order chi connectivity index (χ0) is 16.4. The average molecular weight is 308 g/mol. The molecule has 0 unspecified atom stereocenters. The Kier molecular flexibility index (Phi) is 3.93. The third kappa shape index (κ3) is 2.85. The predicted molar refractivity (Wildman–Crippen MR) is 84.1 cm³/mol. The SMILES string of the molecule is Cc1ccccc1CN1C(=O)C(=O)N(Cc2ccccc2)C1=O. The summed E-state index contributed by atoms with van der Waals surface area (Å²) in [5.41, 5.74) is 2.63. The summed E-state index contributed by atoms with van der Waals surface area (Å²) in [5.74, 6) is -1.54. The molecule has 0 aromatic heterocycles. The van der Waals surface area contributed by atoms with Crippen LogP contribution in [0.2, 0.25) is 0 Å². The first-order valence-corrected chi connectivity index (χ1v) is 7.33.